The Morgan fingerprint density at radius 2 is 2.00 bits per heavy atom. The number of aromatic nitrogens is 1. The summed E-state index contributed by atoms with van der Waals surface area (Å²) in [6, 6.07) is 8.17. The number of nitrogens with two attached hydrogens (primary N) is 1. The van der Waals surface area contributed by atoms with Crippen LogP contribution in [0.4, 0.5) is 5.69 Å². The minimum Gasteiger partial charge on any atom is -0.439 e. The predicted molar refractivity (Wildman–Crippen MR) is 71.9 cm³/mol. The van der Waals surface area contributed by atoms with Crippen molar-refractivity contribution in [3.8, 4) is 11.6 Å². The third-order valence-electron chi connectivity index (χ3n) is 3.34. The monoisotopic (exact) mass is 240 g/mol. The highest BCUT2D eigenvalue weighted by Gasteiger charge is 2.12. The van der Waals surface area contributed by atoms with E-state index in [1.165, 1.54) is 24.0 Å². The first-order chi connectivity index (χ1) is 8.72. The van der Waals surface area contributed by atoms with E-state index in [4.69, 9.17) is 10.5 Å². The molecule has 0 aliphatic heterocycles. The topological polar surface area (TPSA) is 48.1 Å². The van der Waals surface area contributed by atoms with Crippen molar-refractivity contribution in [3.05, 3.63) is 47.2 Å². The van der Waals surface area contributed by atoms with Gasteiger partial charge in [-0.3, -0.25) is 0 Å². The number of pyridine rings is 1. The van der Waals surface area contributed by atoms with Crippen LogP contribution in [0.3, 0.4) is 0 Å². The predicted octanol–water partition coefficient (Wildman–Crippen LogP) is 3.25. The third-order valence-corrected chi connectivity index (χ3v) is 3.34. The summed E-state index contributed by atoms with van der Waals surface area (Å²) in [5, 5.41) is 0. The summed E-state index contributed by atoms with van der Waals surface area (Å²) >= 11 is 0. The van der Waals surface area contributed by atoms with E-state index in [2.05, 4.69) is 17.1 Å². The van der Waals surface area contributed by atoms with Crippen LogP contribution in [0, 0.1) is 6.92 Å². The van der Waals surface area contributed by atoms with Crippen molar-refractivity contribution in [2.75, 3.05) is 5.73 Å². The molecule has 2 N–H and O–H groups in total. The zero-order valence-electron chi connectivity index (χ0n) is 10.4. The molecule has 1 aromatic carbocycles. The first-order valence-corrected chi connectivity index (χ1v) is 6.24. The molecule has 0 spiro atoms. The second-order valence-electron chi connectivity index (χ2n) is 4.78. The van der Waals surface area contributed by atoms with Crippen molar-refractivity contribution >= 4 is 5.69 Å². The minimum atomic E-state index is 0.627. The number of hydrogen-bond donors (Lipinski definition) is 1. The Balaban J connectivity index is 1.88. The van der Waals surface area contributed by atoms with Crippen molar-refractivity contribution in [2.45, 2.75) is 26.2 Å². The van der Waals surface area contributed by atoms with Gasteiger partial charge in [0.1, 0.15) is 5.75 Å². The lowest BCUT2D eigenvalue weighted by Crippen LogP contribution is -1.94. The number of nitrogens with zero attached hydrogens (tertiary/aromatic N) is 1. The minimum absolute atomic E-state index is 0.627. The summed E-state index contributed by atoms with van der Waals surface area (Å²) in [5.74, 6) is 1.48. The summed E-state index contributed by atoms with van der Waals surface area (Å²) < 4.78 is 5.82. The average molecular weight is 240 g/mol. The van der Waals surface area contributed by atoms with Gasteiger partial charge < -0.3 is 10.5 Å². The standard InChI is InChI=1S/C15H16N2O/c1-10-7-13(16)9-17-15(10)18-14-6-5-11-3-2-4-12(11)8-14/h5-9H,2-4,16H2,1H3. The fourth-order valence-electron chi connectivity index (χ4n) is 2.41. The average Bonchev–Trinajstić information content (AvgIpc) is 2.80. The molecular formula is C15H16N2O. The smallest absolute Gasteiger partial charge is 0.222 e. The molecule has 1 aliphatic rings. The van der Waals surface area contributed by atoms with E-state index >= 15 is 0 Å². The van der Waals surface area contributed by atoms with Crippen LogP contribution in [-0.4, -0.2) is 4.98 Å². The van der Waals surface area contributed by atoms with E-state index in [0.29, 0.717) is 11.6 Å². The molecule has 0 saturated carbocycles. The number of anilines is 1. The van der Waals surface area contributed by atoms with Crippen LogP contribution in [-0.2, 0) is 12.8 Å². The number of ether oxygens (including phenoxy) is 1. The maximum absolute atomic E-state index is 5.82. The Kier molecular flexibility index (Phi) is 2.67. The molecule has 18 heavy (non-hydrogen) atoms. The molecule has 3 heteroatoms. The summed E-state index contributed by atoms with van der Waals surface area (Å²) in [6.45, 7) is 1.95. The van der Waals surface area contributed by atoms with Gasteiger partial charge in [-0.2, -0.15) is 0 Å². The number of rotatable bonds is 2. The van der Waals surface area contributed by atoms with Gasteiger partial charge in [-0.05, 0) is 55.5 Å². The lowest BCUT2D eigenvalue weighted by atomic mass is 10.1. The molecule has 0 saturated heterocycles. The summed E-state index contributed by atoms with van der Waals surface area (Å²) in [6.07, 6.45) is 5.21. The normalized spacial score (nSPS) is 13.4. The van der Waals surface area contributed by atoms with Gasteiger partial charge in [-0.1, -0.05) is 6.07 Å². The highest BCUT2D eigenvalue weighted by molar-refractivity contribution is 5.44. The SMILES string of the molecule is Cc1cc(N)cnc1Oc1ccc2c(c1)CCC2. The highest BCUT2D eigenvalue weighted by Crippen LogP contribution is 2.29. The molecular weight excluding hydrogens is 224 g/mol. The molecule has 3 rings (SSSR count). The van der Waals surface area contributed by atoms with E-state index < -0.39 is 0 Å². The van der Waals surface area contributed by atoms with Gasteiger partial charge in [0.2, 0.25) is 5.88 Å². The van der Waals surface area contributed by atoms with Gasteiger partial charge in [0.25, 0.3) is 0 Å². The molecule has 1 heterocycles. The molecule has 0 unspecified atom stereocenters. The largest absolute Gasteiger partial charge is 0.439 e. The van der Waals surface area contributed by atoms with Gasteiger partial charge >= 0.3 is 0 Å². The molecule has 2 aromatic rings. The third kappa shape index (κ3) is 2.04. The number of nitrogen functional groups attached to an aromatic ring is 1. The van der Waals surface area contributed by atoms with E-state index in [1.54, 1.807) is 6.20 Å². The molecule has 1 aliphatic carbocycles. The Bertz CT molecular complexity index is 593. The highest BCUT2D eigenvalue weighted by atomic mass is 16.5. The number of fused-ring (bicyclic) bond motifs is 1. The molecule has 0 atom stereocenters. The van der Waals surface area contributed by atoms with Crippen molar-refractivity contribution in [2.24, 2.45) is 0 Å². The molecule has 0 bridgehead atoms. The van der Waals surface area contributed by atoms with Crippen LogP contribution in [0.15, 0.2) is 30.5 Å². The van der Waals surface area contributed by atoms with Crippen LogP contribution < -0.4 is 10.5 Å². The zero-order valence-corrected chi connectivity index (χ0v) is 10.4. The first kappa shape index (κ1) is 11.1. The van der Waals surface area contributed by atoms with E-state index in [1.807, 2.05) is 19.1 Å². The lowest BCUT2D eigenvalue weighted by Gasteiger charge is -2.09. The maximum Gasteiger partial charge on any atom is 0.222 e. The van der Waals surface area contributed by atoms with Crippen LogP contribution in [0.2, 0.25) is 0 Å². The van der Waals surface area contributed by atoms with Gasteiger partial charge in [-0.25, -0.2) is 4.98 Å². The second-order valence-corrected chi connectivity index (χ2v) is 4.78. The van der Waals surface area contributed by atoms with E-state index in [9.17, 15) is 0 Å². The first-order valence-electron chi connectivity index (χ1n) is 6.24. The maximum atomic E-state index is 5.82. The van der Waals surface area contributed by atoms with Crippen molar-refractivity contribution in [3.63, 3.8) is 0 Å². The van der Waals surface area contributed by atoms with Gasteiger partial charge in [0, 0.05) is 5.56 Å². The van der Waals surface area contributed by atoms with Crippen LogP contribution in [0.5, 0.6) is 11.6 Å². The van der Waals surface area contributed by atoms with Crippen molar-refractivity contribution < 1.29 is 4.74 Å². The Morgan fingerprint density at radius 1 is 1.17 bits per heavy atom. The quantitative estimate of drug-likeness (QED) is 0.876. The van der Waals surface area contributed by atoms with E-state index in [-0.39, 0.29) is 0 Å². The van der Waals surface area contributed by atoms with Crippen molar-refractivity contribution in [1.82, 2.24) is 4.98 Å². The van der Waals surface area contributed by atoms with Gasteiger partial charge in [0.05, 0.1) is 11.9 Å². The Hall–Kier alpha value is -2.03. The Morgan fingerprint density at radius 3 is 2.83 bits per heavy atom. The molecule has 3 nitrogen and oxygen atoms in total. The zero-order chi connectivity index (χ0) is 12.5. The molecule has 1 aromatic heterocycles. The fourth-order valence-corrected chi connectivity index (χ4v) is 2.41. The number of hydrogen-bond acceptors (Lipinski definition) is 3. The molecule has 92 valence electrons. The molecule has 0 amide bonds. The van der Waals surface area contributed by atoms with Gasteiger partial charge in [0.15, 0.2) is 0 Å². The van der Waals surface area contributed by atoms with Crippen LogP contribution in [0.25, 0.3) is 0 Å². The number of aryl methyl sites for hydroxylation is 3. The molecule has 0 fully saturated rings. The Labute approximate surface area is 107 Å². The fraction of sp³-hybridized carbons (Fsp3) is 0.267. The second kappa shape index (κ2) is 4.33. The van der Waals surface area contributed by atoms with E-state index in [0.717, 1.165) is 17.7 Å². The van der Waals surface area contributed by atoms with Crippen molar-refractivity contribution in [1.29, 1.82) is 0 Å². The summed E-state index contributed by atoms with van der Waals surface area (Å²) in [7, 11) is 0. The lowest BCUT2D eigenvalue weighted by molar-refractivity contribution is 0.458. The van der Waals surface area contributed by atoms with Gasteiger partial charge in [-0.15, -0.1) is 0 Å². The number of benzene rings is 1. The summed E-state index contributed by atoms with van der Waals surface area (Å²) in [5.41, 5.74) is 10.1. The summed E-state index contributed by atoms with van der Waals surface area (Å²) in [4.78, 5) is 4.22. The molecule has 0 radical (unpaired) electrons. The van der Waals surface area contributed by atoms with Crippen LogP contribution in [0.1, 0.15) is 23.1 Å². The van der Waals surface area contributed by atoms with Crippen LogP contribution >= 0.6 is 0 Å².